The van der Waals surface area contributed by atoms with Crippen LogP contribution in [0.25, 0.3) is 0 Å². The summed E-state index contributed by atoms with van der Waals surface area (Å²) >= 11 is 5.48. The predicted molar refractivity (Wildman–Crippen MR) is 49.4 cm³/mol. The molecule has 0 bridgehead atoms. The molecule has 1 heterocycles. The SMILES string of the molecule is N#Cc1cc(CCl)c(C(F)F)c(CO)n1. The number of nitrogens with zero attached hydrogens (tertiary/aromatic N) is 2. The first-order chi connectivity index (χ1) is 7.13. The number of aromatic nitrogens is 1. The Morgan fingerprint density at radius 3 is 2.67 bits per heavy atom. The number of aliphatic hydroxyl groups is 1. The van der Waals surface area contributed by atoms with Gasteiger partial charge in [0, 0.05) is 11.4 Å². The normalized spacial score (nSPS) is 10.4. The quantitative estimate of drug-likeness (QED) is 0.812. The Morgan fingerprint density at radius 2 is 2.27 bits per heavy atom. The van der Waals surface area contributed by atoms with E-state index in [1.165, 1.54) is 6.07 Å². The molecule has 6 heteroatoms. The number of pyridine rings is 1. The minimum absolute atomic E-state index is 0.0286. The van der Waals surface area contributed by atoms with Crippen LogP contribution >= 0.6 is 11.6 Å². The first-order valence-corrected chi connectivity index (χ1v) is 4.55. The molecule has 0 aliphatic rings. The fourth-order valence-corrected chi connectivity index (χ4v) is 1.44. The maximum absolute atomic E-state index is 12.6. The van der Waals surface area contributed by atoms with Gasteiger partial charge < -0.3 is 5.11 Å². The van der Waals surface area contributed by atoms with Gasteiger partial charge in [-0.25, -0.2) is 13.8 Å². The van der Waals surface area contributed by atoms with Gasteiger partial charge in [-0.15, -0.1) is 11.6 Å². The second-order valence-electron chi connectivity index (χ2n) is 2.73. The van der Waals surface area contributed by atoms with Crippen LogP contribution in [-0.4, -0.2) is 10.1 Å². The minimum atomic E-state index is -2.76. The molecule has 1 rings (SSSR count). The Balaban J connectivity index is 3.41. The molecule has 15 heavy (non-hydrogen) atoms. The van der Waals surface area contributed by atoms with Crippen molar-refractivity contribution in [2.24, 2.45) is 0 Å². The second kappa shape index (κ2) is 5.01. The third-order valence-corrected chi connectivity index (χ3v) is 2.14. The first-order valence-electron chi connectivity index (χ1n) is 4.01. The van der Waals surface area contributed by atoms with Crippen LogP contribution in [0, 0.1) is 11.3 Å². The highest BCUT2D eigenvalue weighted by atomic mass is 35.5. The number of hydrogen-bond acceptors (Lipinski definition) is 3. The molecular formula is C9H7ClF2N2O. The summed E-state index contributed by atoms with van der Waals surface area (Å²) in [4.78, 5) is 3.59. The van der Waals surface area contributed by atoms with Crippen molar-refractivity contribution >= 4 is 11.6 Å². The van der Waals surface area contributed by atoms with Crippen molar-refractivity contribution in [1.29, 1.82) is 5.26 Å². The lowest BCUT2D eigenvalue weighted by molar-refractivity contribution is 0.145. The number of hydrogen-bond donors (Lipinski definition) is 1. The van der Waals surface area contributed by atoms with Gasteiger partial charge in [-0.1, -0.05) is 0 Å². The Morgan fingerprint density at radius 1 is 1.60 bits per heavy atom. The highest BCUT2D eigenvalue weighted by molar-refractivity contribution is 6.17. The molecule has 1 aromatic rings. The lowest BCUT2D eigenvalue weighted by Gasteiger charge is -2.10. The van der Waals surface area contributed by atoms with Crippen molar-refractivity contribution in [3.05, 3.63) is 28.6 Å². The molecule has 1 aromatic heterocycles. The van der Waals surface area contributed by atoms with Gasteiger partial charge in [0.25, 0.3) is 6.43 Å². The van der Waals surface area contributed by atoms with Crippen molar-refractivity contribution in [2.75, 3.05) is 0 Å². The Hall–Kier alpha value is -1.25. The van der Waals surface area contributed by atoms with Crippen LogP contribution < -0.4 is 0 Å². The molecule has 0 unspecified atom stereocenters. The molecular weight excluding hydrogens is 226 g/mol. The summed E-state index contributed by atoms with van der Waals surface area (Å²) in [7, 11) is 0. The Bertz CT molecular complexity index is 379. The molecule has 1 N–H and O–H groups in total. The van der Waals surface area contributed by atoms with E-state index in [2.05, 4.69) is 4.98 Å². The number of alkyl halides is 3. The smallest absolute Gasteiger partial charge is 0.266 e. The first kappa shape index (κ1) is 11.8. The van der Waals surface area contributed by atoms with Crippen molar-refractivity contribution in [3.8, 4) is 6.07 Å². The van der Waals surface area contributed by atoms with E-state index in [9.17, 15) is 8.78 Å². The molecule has 0 aliphatic carbocycles. The van der Waals surface area contributed by atoms with Crippen molar-refractivity contribution in [3.63, 3.8) is 0 Å². The molecule has 0 radical (unpaired) electrons. The van der Waals surface area contributed by atoms with E-state index in [1.807, 2.05) is 0 Å². The van der Waals surface area contributed by atoms with Crippen molar-refractivity contribution in [1.82, 2.24) is 4.98 Å². The summed E-state index contributed by atoms with van der Waals surface area (Å²) < 4.78 is 25.2. The van der Waals surface area contributed by atoms with E-state index in [0.717, 1.165) is 0 Å². The second-order valence-corrected chi connectivity index (χ2v) is 3.00. The van der Waals surface area contributed by atoms with E-state index < -0.39 is 13.0 Å². The molecule has 3 nitrogen and oxygen atoms in total. The maximum Gasteiger partial charge on any atom is 0.266 e. The average molecular weight is 233 g/mol. The Kier molecular flexibility index (Phi) is 3.95. The standard InChI is InChI=1S/C9H7ClF2N2O/c10-2-5-1-6(3-13)14-7(4-15)8(5)9(11)12/h1,9,15H,2,4H2. The van der Waals surface area contributed by atoms with Crippen LogP contribution in [0.5, 0.6) is 0 Å². The topological polar surface area (TPSA) is 56.9 Å². The van der Waals surface area contributed by atoms with Gasteiger partial charge in [0.1, 0.15) is 11.8 Å². The van der Waals surface area contributed by atoms with Gasteiger partial charge >= 0.3 is 0 Å². The fraction of sp³-hybridized carbons (Fsp3) is 0.333. The fourth-order valence-electron chi connectivity index (χ4n) is 1.22. The van der Waals surface area contributed by atoms with Crippen LogP contribution in [0.3, 0.4) is 0 Å². The number of rotatable bonds is 3. The van der Waals surface area contributed by atoms with Crippen LogP contribution in [-0.2, 0) is 12.5 Å². The third kappa shape index (κ3) is 2.41. The van der Waals surface area contributed by atoms with Crippen molar-refractivity contribution < 1.29 is 13.9 Å². The third-order valence-electron chi connectivity index (χ3n) is 1.85. The molecule has 0 spiro atoms. The molecule has 0 saturated carbocycles. The van der Waals surface area contributed by atoms with E-state index in [0.29, 0.717) is 0 Å². The summed E-state index contributed by atoms with van der Waals surface area (Å²) in [5.41, 5.74) is -0.479. The molecule has 0 amide bonds. The zero-order valence-corrected chi connectivity index (χ0v) is 8.30. The lowest BCUT2D eigenvalue weighted by Crippen LogP contribution is -2.05. The van der Waals surface area contributed by atoms with Crippen LogP contribution in [0.1, 0.15) is 28.9 Å². The van der Waals surface area contributed by atoms with Gasteiger partial charge in [-0.3, -0.25) is 0 Å². The molecule has 0 aromatic carbocycles. The highest BCUT2D eigenvalue weighted by Gasteiger charge is 2.19. The van der Waals surface area contributed by atoms with Gasteiger partial charge in [-0.2, -0.15) is 5.26 Å². The monoisotopic (exact) mass is 232 g/mol. The lowest BCUT2D eigenvalue weighted by atomic mass is 10.1. The largest absolute Gasteiger partial charge is 0.390 e. The van der Waals surface area contributed by atoms with E-state index in [-0.39, 0.29) is 28.4 Å². The average Bonchev–Trinajstić information content (AvgIpc) is 2.26. The Labute approximate surface area is 89.9 Å². The molecule has 80 valence electrons. The molecule has 0 aliphatic heterocycles. The van der Waals surface area contributed by atoms with Crippen LogP contribution in [0.2, 0.25) is 0 Å². The number of halogens is 3. The molecule has 0 atom stereocenters. The highest BCUT2D eigenvalue weighted by Crippen LogP contribution is 2.27. The van der Waals surface area contributed by atoms with E-state index >= 15 is 0 Å². The van der Waals surface area contributed by atoms with Crippen LogP contribution in [0.4, 0.5) is 8.78 Å². The zero-order chi connectivity index (χ0) is 11.4. The molecule has 0 fully saturated rings. The summed E-state index contributed by atoms with van der Waals surface area (Å²) in [6.07, 6.45) is -2.76. The van der Waals surface area contributed by atoms with Gasteiger partial charge in [0.15, 0.2) is 0 Å². The summed E-state index contributed by atoms with van der Waals surface area (Å²) in [6.45, 7) is -0.640. The van der Waals surface area contributed by atoms with Gasteiger partial charge in [0.05, 0.1) is 12.3 Å². The van der Waals surface area contributed by atoms with E-state index in [4.69, 9.17) is 22.0 Å². The summed E-state index contributed by atoms with van der Waals surface area (Å²) in [5, 5.41) is 17.4. The summed E-state index contributed by atoms with van der Waals surface area (Å²) in [5.74, 6) is -0.149. The van der Waals surface area contributed by atoms with Crippen molar-refractivity contribution in [2.45, 2.75) is 18.9 Å². The number of aliphatic hydroxyl groups excluding tert-OH is 1. The molecule has 0 saturated heterocycles. The predicted octanol–water partition coefficient (Wildman–Crippen LogP) is 2.12. The van der Waals surface area contributed by atoms with E-state index in [1.54, 1.807) is 6.07 Å². The minimum Gasteiger partial charge on any atom is -0.390 e. The number of nitriles is 1. The van der Waals surface area contributed by atoms with Gasteiger partial charge in [0.2, 0.25) is 0 Å². The zero-order valence-electron chi connectivity index (χ0n) is 7.54. The maximum atomic E-state index is 12.6. The van der Waals surface area contributed by atoms with Gasteiger partial charge in [-0.05, 0) is 11.6 Å². The van der Waals surface area contributed by atoms with Crippen LogP contribution in [0.15, 0.2) is 6.07 Å². The summed E-state index contributed by atoms with van der Waals surface area (Å²) in [6, 6.07) is 2.92.